The number of para-hydroxylation sites is 2. The summed E-state index contributed by atoms with van der Waals surface area (Å²) in [5.74, 6) is 1.76. The highest BCUT2D eigenvalue weighted by molar-refractivity contribution is 6.12. The van der Waals surface area contributed by atoms with Crippen molar-refractivity contribution in [2.75, 3.05) is 0 Å². The van der Waals surface area contributed by atoms with Crippen LogP contribution in [-0.2, 0) is 0 Å². The lowest BCUT2D eigenvalue weighted by atomic mass is 9.94. The predicted octanol–water partition coefficient (Wildman–Crippen LogP) is 18.2. The Morgan fingerprint density at radius 3 is 1.19 bits per heavy atom. The number of fused-ring (bicyclic) bond motifs is 6. The number of rotatable bonds is 9. The molecule has 0 bridgehead atoms. The molecule has 0 amide bonds. The molecule has 0 aliphatic rings. The van der Waals surface area contributed by atoms with Crippen molar-refractivity contribution in [3.63, 3.8) is 0 Å². The largest absolute Gasteiger partial charge is 0.309 e. The molecule has 6 nitrogen and oxygen atoms in total. The summed E-state index contributed by atoms with van der Waals surface area (Å²) in [6.45, 7) is 4.35. The molecular formula is C72H48N6. The molecule has 14 rings (SSSR count). The van der Waals surface area contributed by atoms with Gasteiger partial charge in [-0.05, 0) is 137 Å². The first kappa shape index (κ1) is 46.1. The molecule has 11 aromatic carbocycles. The van der Waals surface area contributed by atoms with Gasteiger partial charge in [0.25, 0.3) is 0 Å². The fourth-order valence-corrected chi connectivity index (χ4v) is 11.5. The van der Waals surface area contributed by atoms with Gasteiger partial charge in [-0.2, -0.15) is 5.26 Å². The molecule has 0 radical (unpaired) electrons. The summed E-state index contributed by atoms with van der Waals surface area (Å²) in [4.78, 5) is 15.5. The van der Waals surface area contributed by atoms with Crippen molar-refractivity contribution >= 4 is 43.6 Å². The van der Waals surface area contributed by atoms with Crippen LogP contribution in [0, 0.1) is 25.2 Å². The molecule has 0 saturated heterocycles. The second-order valence-corrected chi connectivity index (χ2v) is 20.0. The fraction of sp³-hybridized carbons (Fsp3) is 0.0278. The Labute approximate surface area is 452 Å². The highest BCUT2D eigenvalue weighted by atomic mass is 15.0. The van der Waals surface area contributed by atoms with Gasteiger partial charge in [-0.1, -0.05) is 176 Å². The van der Waals surface area contributed by atoms with E-state index in [4.69, 9.17) is 15.0 Å². The zero-order valence-corrected chi connectivity index (χ0v) is 42.9. The summed E-state index contributed by atoms with van der Waals surface area (Å²) in [6.07, 6.45) is 0. The number of nitriles is 1. The summed E-state index contributed by atoms with van der Waals surface area (Å²) < 4.78 is 4.80. The fourth-order valence-electron chi connectivity index (χ4n) is 11.5. The van der Waals surface area contributed by atoms with Crippen LogP contribution in [0.1, 0.15) is 16.7 Å². The van der Waals surface area contributed by atoms with E-state index in [0.29, 0.717) is 23.0 Å². The smallest absolute Gasteiger partial charge is 0.164 e. The van der Waals surface area contributed by atoms with Crippen LogP contribution in [0.3, 0.4) is 0 Å². The Morgan fingerprint density at radius 2 is 0.679 bits per heavy atom. The van der Waals surface area contributed by atoms with Gasteiger partial charge in [-0.15, -0.1) is 0 Å². The molecule has 3 heterocycles. The normalized spacial score (nSPS) is 11.4. The van der Waals surface area contributed by atoms with E-state index in [-0.39, 0.29) is 0 Å². The third-order valence-corrected chi connectivity index (χ3v) is 15.3. The first-order chi connectivity index (χ1) is 38.5. The van der Waals surface area contributed by atoms with Gasteiger partial charge in [0.1, 0.15) is 0 Å². The zero-order chi connectivity index (χ0) is 52.3. The molecule has 0 unspecified atom stereocenters. The van der Waals surface area contributed by atoms with E-state index in [1.54, 1.807) is 0 Å². The average molecular weight is 997 g/mol. The maximum absolute atomic E-state index is 10.4. The van der Waals surface area contributed by atoms with Gasteiger partial charge in [0, 0.05) is 49.4 Å². The number of hydrogen-bond donors (Lipinski definition) is 0. The Hall–Kier alpha value is -10.5. The van der Waals surface area contributed by atoms with Crippen LogP contribution in [0.5, 0.6) is 0 Å². The van der Waals surface area contributed by atoms with Crippen molar-refractivity contribution in [3.8, 4) is 96.1 Å². The van der Waals surface area contributed by atoms with Gasteiger partial charge in [0.15, 0.2) is 17.5 Å². The Bertz CT molecular complexity index is 4650. The van der Waals surface area contributed by atoms with Crippen molar-refractivity contribution in [1.29, 1.82) is 5.26 Å². The molecule has 0 aliphatic carbocycles. The second kappa shape index (κ2) is 19.0. The number of aryl methyl sites for hydroxylation is 2. The Balaban J connectivity index is 1.04. The molecule has 0 atom stereocenters. The zero-order valence-electron chi connectivity index (χ0n) is 42.9. The van der Waals surface area contributed by atoms with E-state index >= 15 is 0 Å². The summed E-state index contributed by atoms with van der Waals surface area (Å²) in [5.41, 5.74) is 20.7. The summed E-state index contributed by atoms with van der Waals surface area (Å²) in [6, 6.07) is 92.3. The molecule has 78 heavy (non-hydrogen) atoms. The van der Waals surface area contributed by atoms with E-state index < -0.39 is 0 Å². The molecule has 0 spiro atoms. The topological polar surface area (TPSA) is 72.3 Å². The number of hydrogen-bond acceptors (Lipinski definition) is 4. The summed E-state index contributed by atoms with van der Waals surface area (Å²) in [5, 5.41) is 15.0. The number of benzene rings is 11. The average Bonchev–Trinajstić information content (AvgIpc) is 4.25. The van der Waals surface area contributed by atoms with Crippen LogP contribution < -0.4 is 0 Å². The van der Waals surface area contributed by atoms with E-state index in [0.717, 1.165) is 83.2 Å². The summed E-state index contributed by atoms with van der Waals surface area (Å²) in [7, 11) is 0. The van der Waals surface area contributed by atoms with Crippen molar-refractivity contribution in [3.05, 3.63) is 271 Å². The standard InChI is InChI=1S/C72H48N6/c1-46-18-9-11-26-56(46)52-32-37-68-62(42-52)58-28-13-15-30-64(58)77(68)66-36-34-54(41-60(66)51-25-17-20-48(40-51)45-73)61-44-55(72-75-70(49-21-5-3-6-22-49)74-71(76-72)50-23-7-4-8-24-50)35-39-67(61)78-65-31-16-14-29-59(65)63-43-53(33-38-69(63)78)57-27-12-10-19-47(57)2/h3-44H,1-2H3. The maximum atomic E-state index is 10.4. The van der Waals surface area contributed by atoms with Crippen molar-refractivity contribution < 1.29 is 0 Å². The molecule has 3 aromatic heterocycles. The van der Waals surface area contributed by atoms with Gasteiger partial charge in [-0.25, -0.2) is 15.0 Å². The lowest BCUT2D eigenvalue weighted by Crippen LogP contribution is -2.02. The van der Waals surface area contributed by atoms with Crippen LogP contribution in [0.4, 0.5) is 0 Å². The minimum Gasteiger partial charge on any atom is -0.309 e. The third-order valence-electron chi connectivity index (χ3n) is 15.3. The lowest BCUT2D eigenvalue weighted by Gasteiger charge is -2.19. The van der Waals surface area contributed by atoms with E-state index in [2.05, 4.69) is 205 Å². The van der Waals surface area contributed by atoms with Gasteiger partial charge >= 0.3 is 0 Å². The van der Waals surface area contributed by atoms with Gasteiger partial charge in [0.05, 0.1) is 45.1 Å². The SMILES string of the molecule is Cc1ccccc1-c1ccc2c(c1)c1ccccc1n2-c1ccc(-c2nc(-c3ccccc3)nc(-c3ccccc3)n2)cc1-c1ccc(-n2c3ccccc3c3cc(-c4ccccc4C)ccc32)c(-c2cccc(C#N)c2)c1. The predicted molar refractivity (Wildman–Crippen MR) is 321 cm³/mol. The molecule has 0 saturated carbocycles. The van der Waals surface area contributed by atoms with Crippen LogP contribution in [0.25, 0.3) is 134 Å². The minimum atomic E-state index is 0.564. The summed E-state index contributed by atoms with van der Waals surface area (Å²) >= 11 is 0. The van der Waals surface area contributed by atoms with Crippen LogP contribution >= 0.6 is 0 Å². The molecule has 366 valence electrons. The molecule has 14 aromatic rings. The molecule has 0 N–H and O–H groups in total. The van der Waals surface area contributed by atoms with Crippen molar-refractivity contribution in [2.24, 2.45) is 0 Å². The number of aromatic nitrogens is 5. The first-order valence-electron chi connectivity index (χ1n) is 26.3. The second-order valence-electron chi connectivity index (χ2n) is 20.0. The van der Waals surface area contributed by atoms with Gasteiger partial charge in [-0.3, -0.25) is 0 Å². The van der Waals surface area contributed by atoms with Crippen LogP contribution in [-0.4, -0.2) is 24.1 Å². The highest BCUT2D eigenvalue weighted by Crippen LogP contribution is 2.44. The molecule has 6 heteroatoms. The lowest BCUT2D eigenvalue weighted by molar-refractivity contribution is 1.07. The van der Waals surface area contributed by atoms with Crippen LogP contribution in [0.15, 0.2) is 255 Å². The minimum absolute atomic E-state index is 0.564. The highest BCUT2D eigenvalue weighted by Gasteiger charge is 2.23. The van der Waals surface area contributed by atoms with Crippen LogP contribution in [0.2, 0.25) is 0 Å². The van der Waals surface area contributed by atoms with E-state index in [9.17, 15) is 5.26 Å². The molecule has 0 aliphatic heterocycles. The third kappa shape index (κ3) is 7.92. The quantitative estimate of drug-likeness (QED) is 0.144. The first-order valence-corrected chi connectivity index (χ1v) is 26.3. The number of nitrogens with zero attached hydrogens (tertiary/aromatic N) is 6. The Morgan fingerprint density at radius 1 is 0.295 bits per heavy atom. The maximum Gasteiger partial charge on any atom is 0.164 e. The monoisotopic (exact) mass is 996 g/mol. The molecular weight excluding hydrogens is 949 g/mol. The van der Waals surface area contributed by atoms with Crippen molar-refractivity contribution in [2.45, 2.75) is 13.8 Å². The van der Waals surface area contributed by atoms with E-state index in [1.165, 1.54) is 44.2 Å². The van der Waals surface area contributed by atoms with E-state index in [1.807, 2.05) is 78.9 Å². The Kier molecular flexibility index (Phi) is 11.2. The molecule has 0 fully saturated rings. The van der Waals surface area contributed by atoms with Gasteiger partial charge in [0.2, 0.25) is 0 Å². The van der Waals surface area contributed by atoms with Gasteiger partial charge < -0.3 is 9.13 Å². The van der Waals surface area contributed by atoms with Crippen molar-refractivity contribution in [1.82, 2.24) is 24.1 Å².